The minimum Gasteiger partial charge on any atom is -0.461 e. The van der Waals surface area contributed by atoms with Gasteiger partial charge < -0.3 is 8.83 Å². The first-order valence-electron chi connectivity index (χ1n) is 18.6. The highest BCUT2D eigenvalue weighted by molar-refractivity contribution is 6.16. The third-order valence-corrected chi connectivity index (χ3v) is 10.9. The van der Waals surface area contributed by atoms with E-state index >= 15 is 0 Å². The molecule has 0 radical (unpaired) electrons. The molecular formula is C49H33N3O2. The molecule has 5 heteroatoms. The van der Waals surface area contributed by atoms with Crippen LogP contribution in [0.5, 0.6) is 0 Å². The fraction of sp³-hybridized carbons (Fsp3) is 0.0816. The molecule has 0 fully saturated rings. The van der Waals surface area contributed by atoms with Gasteiger partial charge in [0.2, 0.25) is 0 Å². The van der Waals surface area contributed by atoms with Crippen molar-refractivity contribution in [3.8, 4) is 56.4 Å². The summed E-state index contributed by atoms with van der Waals surface area (Å²) in [6, 6.07) is 52.8. The highest BCUT2D eigenvalue weighted by atomic mass is 16.3. The second-order valence-electron chi connectivity index (χ2n) is 14.2. The highest BCUT2D eigenvalue weighted by Gasteiger charge is 2.23. The van der Waals surface area contributed by atoms with Crippen molar-refractivity contribution in [1.29, 1.82) is 0 Å². The molecule has 0 saturated carbocycles. The van der Waals surface area contributed by atoms with Crippen molar-refractivity contribution in [3.63, 3.8) is 0 Å². The van der Waals surface area contributed by atoms with Crippen molar-refractivity contribution < 1.29 is 8.83 Å². The van der Waals surface area contributed by atoms with Crippen molar-refractivity contribution in [1.82, 2.24) is 15.0 Å². The zero-order valence-electron chi connectivity index (χ0n) is 29.4. The summed E-state index contributed by atoms with van der Waals surface area (Å²) in [6.07, 6.45) is 4.28. The van der Waals surface area contributed by atoms with Gasteiger partial charge in [-0.1, -0.05) is 121 Å². The van der Waals surface area contributed by atoms with Gasteiger partial charge in [-0.2, -0.15) is 0 Å². The number of rotatable bonds is 5. The van der Waals surface area contributed by atoms with Gasteiger partial charge in [-0.15, -0.1) is 0 Å². The lowest BCUT2D eigenvalue weighted by Gasteiger charge is -2.13. The number of fused-ring (bicyclic) bond motifs is 7. The molecule has 0 N–H and O–H groups in total. The molecule has 10 aromatic rings. The molecule has 256 valence electrons. The molecule has 54 heavy (non-hydrogen) atoms. The Bertz CT molecular complexity index is 3070. The number of hydrogen-bond donors (Lipinski definition) is 0. The van der Waals surface area contributed by atoms with Gasteiger partial charge in [-0.05, 0) is 77.1 Å². The standard InChI is InChI=1S/C49H33N3O2/c1-2-13-31(14-3-1)47-50-48(52-49(51-47)40-20-11-23-43-44(40)38-18-6-8-21-41(38)53-43)35-17-10-16-33(29-35)36-26-27-37(34-25-24-30-12-4-5-15-32(30)28-34)46-45(36)39-19-7-9-22-42(39)54-46/h1-5,7,9-17,19-20,22-29H,6,8,18,21H2. The molecule has 0 saturated heterocycles. The van der Waals surface area contributed by atoms with E-state index in [1.54, 1.807) is 0 Å². The Morgan fingerprint density at radius 1 is 0.407 bits per heavy atom. The van der Waals surface area contributed by atoms with Crippen molar-refractivity contribution in [2.24, 2.45) is 0 Å². The number of benzene rings is 7. The maximum Gasteiger partial charge on any atom is 0.164 e. The topological polar surface area (TPSA) is 65.0 Å². The van der Waals surface area contributed by atoms with Crippen LogP contribution in [0.4, 0.5) is 0 Å². The number of nitrogens with zero attached hydrogens (tertiary/aromatic N) is 3. The number of para-hydroxylation sites is 1. The van der Waals surface area contributed by atoms with Gasteiger partial charge in [0.1, 0.15) is 22.5 Å². The first kappa shape index (κ1) is 30.7. The fourth-order valence-electron chi connectivity index (χ4n) is 8.32. The second kappa shape index (κ2) is 12.4. The van der Waals surface area contributed by atoms with Crippen molar-refractivity contribution >= 4 is 43.7 Å². The molecule has 0 atom stereocenters. The van der Waals surface area contributed by atoms with Crippen LogP contribution >= 0.6 is 0 Å². The van der Waals surface area contributed by atoms with E-state index in [0.717, 1.165) is 103 Å². The summed E-state index contributed by atoms with van der Waals surface area (Å²) in [4.78, 5) is 15.4. The average Bonchev–Trinajstić information content (AvgIpc) is 3.83. The van der Waals surface area contributed by atoms with E-state index in [2.05, 4.69) is 121 Å². The van der Waals surface area contributed by atoms with Crippen LogP contribution in [-0.2, 0) is 12.8 Å². The quantitative estimate of drug-likeness (QED) is 0.179. The van der Waals surface area contributed by atoms with Crippen LogP contribution in [0.15, 0.2) is 160 Å². The van der Waals surface area contributed by atoms with Crippen molar-refractivity contribution in [3.05, 3.63) is 163 Å². The van der Waals surface area contributed by atoms with E-state index in [-0.39, 0.29) is 0 Å². The van der Waals surface area contributed by atoms with E-state index in [0.29, 0.717) is 17.5 Å². The SMILES string of the molecule is c1ccc(-c2nc(-c3cccc(-c4ccc(-c5ccc6ccccc6c5)c5oc6ccccc6c45)c3)nc(-c3cccc4oc5c(c34)CCCC5)n2)cc1. The summed E-state index contributed by atoms with van der Waals surface area (Å²) in [5.74, 6) is 3.00. The van der Waals surface area contributed by atoms with Gasteiger partial charge in [0.05, 0.1) is 0 Å². The van der Waals surface area contributed by atoms with E-state index in [9.17, 15) is 0 Å². The first-order chi connectivity index (χ1) is 26.7. The Morgan fingerprint density at radius 3 is 2.02 bits per heavy atom. The van der Waals surface area contributed by atoms with E-state index in [1.165, 1.54) is 16.3 Å². The van der Waals surface area contributed by atoms with Gasteiger partial charge in [0.15, 0.2) is 17.5 Å². The molecule has 0 bridgehead atoms. The van der Waals surface area contributed by atoms with Crippen LogP contribution in [0.3, 0.4) is 0 Å². The van der Waals surface area contributed by atoms with E-state index in [4.69, 9.17) is 23.8 Å². The van der Waals surface area contributed by atoms with E-state index in [1.807, 2.05) is 30.3 Å². The lowest BCUT2D eigenvalue weighted by molar-refractivity contribution is 0.506. The smallest absolute Gasteiger partial charge is 0.164 e. The first-order valence-corrected chi connectivity index (χ1v) is 18.6. The Kier molecular flexibility index (Phi) is 7.05. The molecule has 0 amide bonds. The van der Waals surface area contributed by atoms with Crippen LogP contribution in [0, 0.1) is 0 Å². The molecule has 0 spiro atoms. The summed E-state index contributed by atoms with van der Waals surface area (Å²) in [7, 11) is 0. The van der Waals surface area contributed by atoms with Crippen LogP contribution in [-0.4, -0.2) is 15.0 Å². The molecule has 3 heterocycles. The minimum atomic E-state index is 0.621. The zero-order valence-corrected chi connectivity index (χ0v) is 29.4. The molecule has 0 unspecified atom stereocenters. The van der Waals surface area contributed by atoms with Crippen molar-refractivity contribution in [2.45, 2.75) is 25.7 Å². The maximum atomic E-state index is 6.68. The zero-order chi connectivity index (χ0) is 35.6. The molecule has 7 aromatic carbocycles. The van der Waals surface area contributed by atoms with Crippen LogP contribution < -0.4 is 0 Å². The number of aromatic nitrogens is 3. The summed E-state index contributed by atoms with van der Waals surface area (Å²) < 4.78 is 13.1. The molecule has 3 aromatic heterocycles. The Morgan fingerprint density at radius 2 is 1.09 bits per heavy atom. The molecule has 5 nitrogen and oxygen atoms in total. The van der Waals surface area contributed by atoms with Gasteiger partial charge in [-0.25, -0.2) is 15.0 Å². The normalized spacial score (nSPS) is 12.9. The fourth-order valence-corrected chi connectivity index (χ4v) is 8.32. The van der Waals surface area contributed by atoms with Crippen LogP contribution in [0.25, 0.3) is 100 Å². The van der Waals surface area contributed by atoms with Gasteiger partial charge in [0, 0.05) is 50.4 Å². The van der Waals surface area contributed by atoms with Crippen molar-refractivity contribution in [2.75, 3.05) is 0 Å². The molecule has 11 rings (SSSR count). The largest absolute Gasteiger partial charge is 0.461 e. The van der Waals surface area contributed by atoms with E-state index < -0.39 is 0 Å². The lowest BCUT2D eigenvalue weighted by Crippen LogP contribution is -2.02. The average molecular weight is 696 g/mol. The summed E-state index contributed by atoms with van der Waals surface area (Å²) in [6.45, 7) is 0. The third kappa shape index (κ3) is 5.04. The number of hydrogen-bond acceptors (Lipinski definition) is 5. The predicted octanol–water partition coefficient (Wildman–Crippen LogP) is 12.9. The van der Waals surface area contributed by atoms with Crippen LogP contribution in [0.2, 0.25) is 0 Å². The predicted molar refractivity (Wildman–Crippen MR) is 218 cm³/mol. The Labute approximate surface area is 311 Å². The minimum absolute atomic E-state index is 0.621. The van der Waals surface area contributed by atoms with Gasteiger partial charge >= 0.3 is 0 Å². The van der Waals surface area contributed by atoms with Crippen LogP contribution in [0.1, 0.15) is 24.2 Å². The van der Waals surface area contributed by atoms with Gasteiger partial charge in [0.25, 0.3) is 0 Å². The molecule has 0 aliphatic heterocycles. The van der Waals surface area contributed by atoms with Gasteiger partial charge in [-0.3, -0.25) is 0 Å². The second-order valence-corrected chi connectivity index (χ2v) is 14.2. The summed E-state index contributed by atoms with van der Waals surface area (Å²) in [5.41, 5.74) is 11.1. The maximum absolute atomic E-state index is 6.68. The molecule has 1 aliphatic rings. The number of furan rings is 2. The summed E-state index contributed by atoms with van der Waals surface area (Å²) >= 11 is 0. The third-order valence-electron chi connectivity index (χ3n) is 10.9. The molecular weight excluding hydrogens is 663 g/mol. The Balaban J connectivity index is 1.09. The highest BCUT2D eigenvalue weighted by Crippen LogP contribution is 2.43. The monoisotopic (exact) mass is 695 g/mol. The Hall–Kier alpha value is -6.85. The summed E-state index contributed by atoms with van der Waals surface area (Å²) in [5, 5.41) is 5.71. The lowest BCUT2D eigenvalue weighted by atomic mass is 9.93. The number of aryl methyl sites for hydroxylation is 2. The molecule has 1 aliphatic carbocycles.